The molecule has 2 aliphatic rings. The number of carbonyl (C=O) groups excluding carboxylic acids is 4. The van der Waals surface area contributed by atoms with Crippen molar-refractivity contribution in [2.45, 2.75) is 38.0 Å². The fourth-order valence-corrected chi connectivity index (χ4v) is 4.67. The zero-order valence-corrected chi connectivity index (χ0v) is 19.4. The molecule has 0 bridgehead atoms. The Morgan fingerprint density at radius 3 is 2.58 bits per heavy atom. The van der Waals surface area contributed by atoms with Crippen molar-refractivity contribution >= 4 is 29.3 Å². The van der Waals surface area contributed by atoms with Crippen LogP contribution >= 0.6 is 0 Å². The third kappa shape index (κ3) is 4.67. The molecular weight excluding hydrogens is 462 g/mol. The maximum Gasteiger partial charge on any atom is 0.251 e. The number of benzene rings is 2. The summed E-state index contributed by atoms with van der Waals surface area (Å²) in [5.41, 5.74) is 3.07. The van der Waals surface area contributed by atoms with E-state index in [1.54, 1.807) is 36.5 Å². The van der Waals surface area contributed by atoms with Crippen LogP contribution in [0.5, 0.6) is 0 Å². The highest BCUT2D eigenvalue weighted by Gasteiger charge is 2.43. The summed E-state index contributed by atoms with van der Waals surface area (Å²) >= 11 is 0. The Morgan fingerprint density at radius 1 is 1.00 bits per heavy atom. The molecule has 3 N–H and O–H groups in total. The Labute approximate surface area is 206 Å². The maximum absolute atomic E-state index is 13.6. The largest absolute Gasteiger partial charge is 0.343 e. The lowest BCUT2D eigenvalue weighted by Crippen LogP contribution is -2.55. The molecule has 36 heavy (non-hydrogen) atoms. The number of nitrogens with one attached hydrogen (secondary N) is 3. The molecule has 0 saturated heterocycles. The van der Waals surface area contributed by atoms with E-state index in [4.69, 9.17) is 0 Å². The number of rotatable bonds is 7. The van der Waals surface area contributed by atoms with Crippen LogP contribution < -0.4 is 20.9 Å². The predicted octanol–water partition coefficient (Wildman–Crippen LogP) is 0.171. The van der Waals surface area contributed by atoms with Gasteiger partial charge < -0.3 is 16.0 Å². The van der Waals surface area contributed by atoms with E-state index in [9.17, 15) is 19.2 Å². The van der Waals surface area contributed by atoms with E-state index in [1.165, 1.54) is 15.8 Å². The molecule has 184 valence electrons. The van der Waals surface area contributed by atoms with Crippen LogP contribution in [0.25, 0.3) is 0 Å². The normalized spacial score (nSPS) is 18.2. The molecule has 2 aliphatic heterocycles. The molecule has 4 amide bonds. The van der Waals surface area contributed by atoms with Crippen molar-refractivity contribution in [3.8, 4) is 0 Å². The maximum atomic E-state index is 13.6. The summed E-state index contributed by atoms with van der Waals surface area (Å²) in [7, 11) is 0. The summed E-state index contributed by atoms with van der Waals surface area (Å²) in [5.74, 6) is -1.51. The van der Waals surface area contributed by atoms with Gasteiger partial charge in [-0.15, -0.1) is 5.10 Å². The molecule has 5 rings (SSSR count). The van der Waals surface area contributed by atoms with Crippen molar-refractivity contribution in [2.75, 3.05) is 11.4 Å². The summed E-state index contributed by atoms with van der Waals surface area (Å²) in [4.78, 5) is 53.2. The second-order valence-corrected chi connectivity index (χ2v) is 8.70. The number of para-hydroxylation sites is 1. The molecule has 11 heteroatoms. The van der Waals surface area contributed by atoms with Crippen molar-refractivity contribution in [3.05, 3.63) is 77.6 Å². The van der Waals surface area contributed by atoms with Crippen molar-refractivity contribution in [2.24, 2.45) is 0 Å². The van der Waals surface area contributed by atoms with E-state index in [2.05, 4.69) is 26.3 Å². The number of aryl methyl sites for hydroxylation is 1. The molecule has 3 aromatic rings. The van der Waals surface area contributed by atoms with Crippen LogP contribution in [0.2, 0.25) is 0 Å². The first-order valence-electron chi connectivity index (χ1n) is 11.7. The van der Waals surface area contributed by atoms with Crippen molar-refractivity contribution < 1.29 is 19.2 Å². The van der Waals surface area contributed by atoms with E-state index < -0.39 is 18.0 Å². The Kier molecular flexibility index (Phi) is 6.44. The van der Waals surface area contributed by atoms with Gasteiger partial charge >= 0.3 is 0 Å². The predicted molar refractivity (Wildman–Crippen MR) is 129 cm³/mol. The van der Waals surface area contributed by atoms with Crippen molar-refractivity contribution in [1.29, 1.82) is 0 Å². The lowest BCUT2D eigenvalue weighted by Gasteiger charge is -2.28. The minimum absolute atomic E-state index is 0.127. The van der Waals surface area contributed by atoms with Crippen LogP contribution in [0.4, 0.5) is 5.69 Å². The molecule has 0 saturated carbocycles. The van der Waals surface area contributed by atoms with Crippen LogP contribution in [-0.4, -0.2) is 57.3 Å². The topological polar surface area (TPSA) is 138 Å². The number of nitrogens with zero attached hydrogens (tertiary/aromatic N) is 4. The van der Waals surface area contributed by atoms with Crippen molar-refractivity contribution in [1.82, 2.24) is 30.9 Å². The standard InChI is InChI=1S/C25H25N7O4/c33-21(14-26-23(34)17-5-2-1-3-6-17)29-19-10-9-16-7-4-8-18-13-20(32(22(16)18)25(19)36)24(35)27-15-31-12-11-28-30-31/h1-8,11-12,19-20H,9-10,13-15H2,(H,26,34)(H,27,35)(H,29,33)/t19-,20-/m0/s1. The second-order valence-electron chi connectivity index (χ2n) is 8.70. The smallest absolute Gasteiger partial charge is 0.251 e. The second kappa shape index (κ2) is 9.98. The zero-order chi connectivity index (χ0) is 25.1. The molecule has 1 aromatic heterocycles. The van der Waals surface area contributed by atoms with E-state index in [1.807, 2.05) is 18.2 Å². The SMILES string of the molecule is O=C(CNC(=O)c1ccccc1)N[C@H]1CCc2cccc3c2N(C1=O)[C@H](C(=O)NCn1ccnn1)C3. The van der Waals surface area contributed by atoms with Crippen LogP contribution in [0.3, 0.4) is 0 Å². The average Bonchev–Trinajstić information content (AvgIpc) is 3.53. The van der Waals surface area contributed by atoms with E-state index >= 15 is 0 Å². The van der Waals surface area contributed by atoms with Gasteiger partial charge in [0.25, 0.3) is 5.91 Å². The van der Waals surface area contributed by atoms with Crippen LogP contribution in [0, 0.1) is 0 Å². The highest BCUT2D eigenvalue weighted by molar-refractivity contribution is 6.08. The van der Waals surface area contributed by atoms with Gasteiger partial charge in [-0.05, 0) is 36.1 Å². The lowest BCUT2D eigenvalue weighted by atomic mass is 10.0. The molecular formula is C25H25N7O4. The Hall–Kier alpha value is -4.54. The summed E-state index contributed by atoms with van der Waals surface area (Å²) in [6.45, 7) is -0.140. The summed E-state index contributed by atoms with van der Waals surface area (Å²) in [6.07, 6.45) is 4.47. The van der Waals surface area contributed by atoms with Crippen LogP contribution in [-0.2, 0) is 33.9 Å². The molecule has 0 fully saturated rings. The number of aromatic nitrogens is 3. The van der Waals surface area contributed by atoms with E-state index in [-0.39, 0.29) is 30.9 Å². The first-order valence-corrected chi connectivity index (χ1v) is 11.7. The summed E-state index contributed by atoms with van der Waals surface area (Å²) < 4.78 is 1.47. The molecule has 2 atom stereocenters. The van der Waals surface area contributed by atoms with E-state index in [0.29, 0.717) is 24.8 Å². The third-order valence-electron chi connectivity index (χ3n) is 6.38. The van der Waals surface area contributed by atoms with E-state index in [0.717, 1.165) is 16.8 Å². The third-order valence-corrected chi connectivity index (χ3v) is 6.38. The lowest BCUT2D eigenvalue weighted by molar-refractivity contribution is -0.129. The van der Waals surface area contributed by atoms with Crippen LogP contribution in [0.15, 0.2) is 60.9 Å². The number of hydrogen-bond acceptors (Lipinski definition) is 6. The van der Waals surface area contributed by atoms with Gasteiger partial charge in [0.15, 0.2) is 0 Å². The van der Waals surface area contributed by atoms with Gasteiger partial charge in [0.05, 0.1) is 18.4 Å². The average molecular weight is 488 g/mol. The molecule has 0 unspecified atom stereocenters. The molecule has 11 nitrogen and oxygen atoms in total. The monoisotopic (exact) mass is 487 g/mol. The Bertz CT molecular complexity index is 1290. The van der Waals surface area contributed by atoms with Gasteiger partial charge in [0, 0.05) is 18.2 Å². The van der Waals surface area contributed by atoms with Gasteiger partial charge in [-0.3, -0.25) is 24.1 Å². The fraction of sp³-hybridized carbons (Fsp3) is 0.280. The number of hydrogen-bond donors (Lipinski definition) is 3. The van der Waals surface area contributed by atoms with Crippen molar-refractivity contribution in [3.63, 3.8) is 0 Å². The first-order chi connectivity index (χ1) is 17.5. The molecule has 0 spiro atoms. The van der Waals surface area contributed by atoms with Gasteiger partial charge in [0.1, 0.15) is 18.8 Å². The zero-order valence-electron chi connectivity index (χ0n) is 19.4. The Balaban J connectivity index is 1.28. The highest BCUT2D eigenvalue weighted by Crippen LogP contribution is 2.39. The number of carbonyl (C=O) groups is 4. The van der Waals surface area contributed by atoms with Gasteiger partial charge in [-0.2, -0.15) is 0 Å². The molecule has 0 radical (unpaired) electrons. The van der Waals surface area contributed by atoms with Gasteiger partial charge in [0.2, 0.25) is 17.7 Å². The summed E-state index contributed by atoms with van der Waals surface area (Å²) in [6, 6.07) is 12.8. The summed E-state index contributed by atoms with van der Waals surface area (Å²) in [5, 5.41) is 15.7. The fourth-order valence-electron chi connectivity index (χ4n) is 4.67. The molecule has 3 heterocycles. The van der Waals surface area contributed by atoms with Gasteiger partial charge in [-0.25, -0.2) is 4.68 Å². The number of anilines is 1. The molecule has 0 aliphatic carbocycles. The quantitative estimate of drug-likeness (QED) is 0.434. The number of amides is 4. The minimum Gasteiger partial charge on any atom is -0.343 e. The molecule has 2 aromatic carbocycles. The van der Waals surface area contributed by atoms with Crippen LogP contribution in [0.1, 0.15) is 27.9 Å². The highest BCUT2D eigenvalue weighted by atomic mass is 16.2. The minimum atomic E-state index is -0.824. The first kappa shape index (κ1) is 23.2. The van der Waals surface area contributed by atoms with Gasteiger partial charge in [-0.1, -0.05) is 41.6 Å². The Morgan fingerprint density at radius 2 is 1.81 bits per heavy atom.